The largest absolute Gasteiger partial charge is 0.368 e. The zero-order valence-corrected chi connectivity index (χ0v) is 12.1. The smallest absolute Gasteiger partial charge is 0.252 e. The minimum absolute atomic E-state index is 0.314. The third-order valence-electron chi connectivity index (χ3n) is 3.46. The van der Waals surface area contributed by atoms with E-state index in [1.54, 1.807) is 36.4 Å². The SMILES string of the molecule is Cc1ccc(C(=O)N[C@@H](C(N)=O)c2ccccc2)cc1C. The molecule has 0 radical (unpaired) electrons. The van der Waals surface area contributed by atoms with Crippen molar-refractivity contribution in [3.05, 3.63) is 70.8 Å². The van der Waals surface area contributed by atoms with Gasteiger partial charge >= 0.3 is 0 Å². The standard InChI is InChI=1S/C17H18N2O2/c1-11-8-9-14(10-12(11)2)17(21)19-15(16(18)20)13-6-4-3-5-7-13/h3-10,15H,1-2H3,(H2,18,20)(H,19,21)/t15-/m1/s1. The van der Waals surface area contributed by atoms with Crippen LogP contribution in [-0.2, 0) is 4.79 Å². The predicted molar refractivity (Wildman–Crippen MR) is 81.8 cm³/mol. The lowest BCUT2D eigenvalue weighted by atomic mass is 10.0. The van der Waals surface area contributed by atoms with Crippen LogP contribution in [0.4, 0.5) is 0 Å². The molecule has 2 aromatic carbocycles. The fraction of sp³-hybridized carbons (Fsp3) is 0.176. The van der Waals surface area contributed by atoms with Crippen LogP contribution in [0.2, 0.25) is 0 Å². The summed E-state index contributed by atoms with van der Waals surface area (Å²) < 4.78 is 0. The first-order valence-corrected chi connectivity index (χ1v) is 6.71. The van der Waals surface area contributed by atoms with Gasteiger partial charge < -0.3 is 11.1 Å². The maximum absolute atomic E-state index is 12.3. The number of primary amides is 1. The topological polar surface area (TPSA) is 72.2 Å². The van der Waals surface area contributed by atoms with E-state index in [0.717, 1.165) is 11.1 Å². The van der Waals surface area contributed by atoms with Crippen molar-refractivity contribution >= 4 is 11.8 Å². The second-order valence-corrected chi connectivity index (χ2v) is 5.02. The van der Waals surface area contributed by atoms with Crippen molar-refractivity contribution in [1.29, 1.82) is 0 Å². The molecule has 21 heavy (non-hydrogen) atoms. The molecule has 1 atom stereocenters. The Labute approximate surface area is 124 Å². The molecule has 0 bridgehead atoms. The van der Waals surface area contributed by atoms with Gasteiger partial charge in [0, 0.05) is 5.56 Å². The van der Waals surface area contributed by atoms with Crippen molar-refractivity contribution in [2.75, 3.05) is 0 Å². The highest BCUT2D eigenvalue weighted by molar-refractivity contribution is 5.97. The lowest BCUT2D eigenvalue weighted by Gasteiger charge is -2.16. The Bertz CT molecular complexity index is 666. The predicted octanol–water partition coefficient (Wildman–Crippen LogP) is 2.26. The molecule has 4 heteroatoms. The van der Waals surface area contributed by atoms with Crippen LogP contribution in [0.1, 0.15) is 33.1 Å². The summed E-state index contributed by atoms with van der Waals surface area (Å²) in [7, 11) is 0. The number of nitrogens with one attached hydrogen (secondary N) is 1. The van der Waals surface area contributed by atoms with Crippen LogP contribution >= 0.6 is 0 Å². The molecule has 0 saturated heterocycles. The van der Waals surface area contributed by atoms with E-state index in [9.17, 15) is 9.59 Å². The third-order valence-corrected chi connectivity index (χ3v) is 3.46. The maximum Gasteiger partial charge on any atom is 0.252 e. The first-order chi connectivity index (χ1) is 9.99. The van der Waals surface area contributed by atoms with Gasteiger partial charge in [-0.1, -0.05) is 36.4 Å². The van der Waals surface area contributed by atoms with Gasteiger partial charge in [-0.05, 0) is 42.7 Å². The fourth-order valence-corrected chi connectivity index (χ4v) is 2.06. The van der Waals surface area contributed by atoms with Crippen LogP contribution in [0.5, 0.6) is 0 Å². The van der Waals surface area contributed by atoms with Gasteiger partial charge in [-0.3, -0.25) is 9.59 Å². The molecule has 0 aliphatic heterocycles. The van der Waals surface area contributed by atoms with Gasteiger partial charge in [0.15, 0.2) is 0 Å². The summed E-state index contributed by atoms with van der Waals surface area (Å²) in [4.78, 5) is 23.9. The molecule has 0 fully saturated rings. The van der Waals surface area contributed by atoms with Gasteiger partial charge in [0.05, 0.1) is 0 Å². The number of nitrogens with two attached hydrogens (primary N) is 1. The van der Waals surface area contributed by atoms with Crippen molar-refractivity contribution in [2.45, 2.75) is 19.9 Å². The first kappa shape index (κ1) is 14.8. The molecule has 0 spiro atoms. The van der Waals surface area contributed by atoms with E-state index in [2.05, 4.69) is 5.32 Å². The number of aryl methyl sites for hydroxylation is 2. The van der Waals surface area contributed by atoms with E-state index in [4.69, 9.17) is 5.73 Å². The number of benzene rings is 2. The molecule has 2 rings (SSSR count). The number of rotatable bonds is 4. The zero-order valence-electron chi connectivity index (χ0n) is 12.1. The first-order valence-electron chi connectivity index (χ1n) is 6.71. The summed E-state index contributed by atoms with van der Waals surface area (Å²) in [6, 6.07) is 13.5. The van der Waals surface area contributed by atoms with Crippen molar-refractivity contribution in [1.82, 2.24) is 5.32 Å². The third kappa shape index (κ3) is 3.48. The highest BCUT2D eigenvalue weighted by atomic mass is 16.2. The number of amides is 2. The molecular weight excluding hydrogens is 264 g/mol. The summed E-state index contributed by atoms with van der Waals surface area (Å²) >= 11 is 0. The Morgan fingerprint density at radius 2 is 1.67 bits per heavy atom. The van der Waals surface area contributed by atoms with E-state index in [-0.39, 0.29) is 5.91 Å². The van der Waals surface area contributed by atoms with Crippen molar-refractivity contribution in [3.8, 4) is 0 Å². The summed E-state index contributed by atoms with van der Waals surface area (Å²) in [6.07, 6.45) is 0. The highest BCUT2D eigenvalue weighted by Gasteiger charge is 2.20. The summed E-state index contributed by atoms with van der Waals surface area (Å²) in [5.41, 5.74) is 8.72. The quantitative estimate of drug-likeness (QED) is 0.902. The summed E-state index contributed by atoms with van der Waals surface area (Å²) in [5.74, 6) is -0.899. The number of carbonyl (C=O) groups is 2. The highest BCUT2D eigenvalue weighted by Crippen LogP contribution is 2.14. The lowest BCUT2D eigenvalue weighted by Crippen LogP contribution is -2.37. The van der Waals surface area contributed by atoms with Crippen LogP contribution in [0.15, 0.2) is 48.5 Å². The van der Waals surface area contributed by atoms with Gasteiger partial charge in [-0.2, -0.15) is 0 Å². The molecular formula is C17H18N2O2. The van der Waals surface area contributed by atoms with Crippen LogP contribution in [0, 0.1) is 13.8 Å². The molecule has 2 amide bonds. The van der Waals surface area contributed by atoms with Crippen LogP contribution < -0.4 is 11.1 Å². The second kappa shape index (κ2) is 6.22. The Balaban J connectivity index is 2.23. The van der Waals surface area contributed by atoms with E-state index in [0.29, 0.717) is 11.1 Å². The number of carbonyl (C=O) groups excluding carboxylic acids is 2. The average Bonchev–Trinajstić information content (AvgIpc) is 2.48. The van der Waals surface area contributed by atoms with Crippen molar-refractivity contribution in [2.24, 2.45) is 5.73 Å². The molecule has 0 saturated carbocycles. The molecule has 0 unspecified atom stereocenters. The number of hydrogen-bond acceptors (Lipinski definition) is 2. The van der Waals surface area contributed by atoms with Gasteiger partial charge in [0.1, 0.15) is 6.04 Å². The molecule has 0 heterocycles. The van der Waals surface area contributed by atoms with Gasteiger partial charge in [0.2, 0.25) is 5.91 Å². The molecule has 0 aliphatic carbocycles. The van der Waals surface area contributed by atoms with E-state index < -0.39 is 11.9 Å². The van der Waals surface area contributed by atoms with E-state index in [1.807, 2.05) is 26.0 Å². The lowest BCUT2D eigenvalue weighted by molar-refractivity contribution is -0.120. The van der Waals surface area contributed by atoms with Crippen LogP contribution in [0.25, 0.3) is 0 Å². The minimum atomic E-state index is -0.833. The Morgan fingerprint density at radius 1 is 1.00 bits per heavy atom. The monoisotopic (exact) mass is 282 g/mol. The average molecular weight is 282 g/mol. The van der Waals surface area contributed by atoms with Crippen molar-refractivity contribution < 1.29 is 9.59 Å². The fourth-order valence-electron chi connectivity index (χ4n) is 2.06. The summed E-state index contributed by atoms with van der Waals surface area (Å²) in [5, 5.41) is 2.68. The van der Waals surface area contributed by atoms with Gasteiger partial charge in [-0.15, -0.1) is 0 Å². The van der Waals surface area contributed by atoms with Crippen LogP contribution in [-0.4, -0.2) is 11.8 Å². The molecule has 0 aliphatic rings. The molecule has 2 aromatic rings. The Morgan fingerprint density at radius 3 is 2.24 bits per heavy atom. The Kier molecular flexibility index (Phi) is 4.38. The molecule has 3 N–H and O–H groups in total. The minimum Gasteiger partial charge on any atom is -0.368 e. The Hall–Kier alpha value is -2.62. The van der Waals surface area contributed by atoms with Gasteiger partial charge in [-0.25, -0.2) is 0 Å². The zero-order chi connectivity index (χ0) is 15.4. The number of hydrogen-bond donors (Lipinski definition) is 2. The normalized spacial score (nSPS) is 11.7. The van der Waals surface area contributed by atoms with Gasteiger partial charge in [0.25, 0.3) is 5.91 Å². The molecule has 4 nitrogen and oxygen atoms in total. The summed E-state index contributed by atoms with van der Waals surface area (Å²) in [6.45, 7) is 3.92. The maximum atomic E-state index is 12.3. The van der Waals surface area contributed by atoms with Crippen molar-refractivity contribution in [3.63, 3.8) is 0 Å². The molecule has 0 aromatic heterocycles. The molecule has 108 valence electrons. The van der Waals surface area contributed by atoms with Crippen LogP contribution in [0.3, 0.4) is 0 Å². The van der Waals surface area contributed by atoms with E-state index in [1.165, 1.54) is 0 Å². The second-order valence-electron chi connectivity index (χ2n) is 5.02. The van der Waals surface area contributed by atoms with E-state index >= 15 is 0 Å².